The number of fused-ring (bicyclic) bond motifs is 1. The highest BCUT2D eigenvalue weighted by Gasteiger charge is 2.25. The number of nitrogens with one attached hydrogen (secondary N) is 1. The van der Waals surface area contributed by atoms with Gasteiger partial charge in [0.05, 0.1) is 25.6 Å². The smallest absolute Gasteiger partial charge is 0.251 e. The molecule has 0 fully saturated rings. The number of anilines is 1. The van der Waals surface area contributed by atoms with E-state index in [-0.39, 0.29) is 24.4 Å². The van der Waals surface area contributed by atoms with Crippen LogP contribution in [0.25, 0.3) is 0 Å². The van der Waals surface area contributed by atoms with Crippen LogP contribution >= 0.6 is 0 Å². The Labute approximate surface area is 170 Å². The van der Waals surface area contributed by atoms with Crippen molar-refractivity contribution >= 4 is 23.2 Å². The standard InChI is InChI=1S/C22H25N3O4/c1-13(2)24-22(27)15-8-6-7-14(9-15)21-16-10-18(28-4)19(29-5)11-17(16)25(3)20(26)12-23-21/h6-11,13H,12H2,1-5H3,(H,24,27). The molecule has 0 bridgehead atoms. The predicted octanol–water partition coefficient (Wildman–Crippen LogP) is 2.66. The molecule has 1 heterocycles. The first-order valence-corrected chi connectivity index (χ1v) is 9.34. The number of hydrogen-bond donors (Lipinski definition) is 1. The summed E-state index contributed by atoms with van der Waals surface area (Å²) in [7, 11) is 4.82. The van der Waals surface area contributed by atoms with Gasteiger partial charge in [0.15, 0.2) is 11.5 Å². The molecule has 1 aliphatic rings. The summed E-state index contributed by atoms with van der Waals surface area (Å²) in [6.45, 7) is 3.83. The normalized spacial score (nSPS) is 13.5. The third kappa shape index (κ3) is 4.08. The van der Waals surface area contributed by atoms with Crippen molar-refractivity contribution < 1.29 is 19.1 Å². The highest BCUT2D eigenvalue weighted by molar-refractivity contribution is 6.20. The van der Waals surface area contributed by atoms with Gasteiger partial charge in [0.1, 0.15) is 6.54 Å². The fourth-order valence-corrected chi connectivity index (χ4v) is 3.21. The number of carbonyl (C=O) groups excluding carboxylic acids is 2. The van der Waals surface area contributed by atoms with Crippen molar-refractivity contribution in [2.45, 2.75) is 19.9 Å². The van der Waals surface area contributed by atoms with Crippen LogP contribution in [0.5, 0.6) is 11.5 Å². The first kappa shape index (κ1) is 20.4. The van der Waals surface area contributed by atoms with Crippen molar-refractivity contribution in [3.8, 4) is 11.5 Å². The zero-order chi connectivity index (χ0) is 21.1. The van der Waals surface area contributed by atoms with Gasteiger partial charge in [-0.1, -0.05) is 12.1 Å². The van der Waals surface area contributed by atoms with E-state index < -0.39 is 0 Å². The summed E-state index contributed by atoms with van der Waals surface area (Å²) in [5.41, 5.74) is 3.30. The number of hydrogen-bond acceptors (Lipinski definition) is 5. The van der Waals surface area contributed by atoms with Crippen LogP contribution in [-0.2, 0) is 4.79 Å². The molecule has 1 N–H and O–H groups in total. The Morgan fingerprint density at radius 3 is 2.48 bits per heavy atom. The van der Waals surface area contributed by atoms with E-state index in [1.54, 1.807) is 44.4 Å². The Kier molecular flexibility index (Phi) is 5.87. The second-order valence-electron chi connectivity index (χ2n) is 7.05. The molecule has 0 aromatic heterocycles. The van der Waals surface area contributed by atoms with E-state index in [1.807, 2.05) is 32.0 Å². The SMILES string of the molecule is COc1cc2c(cc1OC)N(C)C(=O)CN=C2c1cccc(C(=O)NC(C)C)c1. The Morgan fingerprint density at radius 2 is 1.83 bits per heavy atom. The van der Waals surface area contributed by atoms with Gasteiger partial charge in [0.2, 0.25) is 5.91 Å². The molecule has 0 saturated carbocycles. The van der Waals surface area contributed by atoms with E-state index in [2.05, 4.69) is 10.3 Å². The summed E-state index contributed by atoms with van der Waals surface area (Å²) >= 11 is 0. The van der Waals surface area contributed by atoms with Gasteiger partial charge >= 0.3 is 0 Å². The van der Waals surface area contributed by atoms with Crippen LogP contribution in [0.2, 0.25) is 0 Å². The lowest BCUT2D eigenvalue weighted by atomic mass is 9.97. The Hall–Kier alpha value is -3.35. The zero-order valence-electron chi connectivity index (χ0n) is 17.3. The van der Waals surface area contributed by atoms with E-state index in [1.165, 1.54) is 0 Å². The fraction of sp³-hybridized carbons (Fsp3) is 0.318. The summed E-state index contributed by atoms with van der Waals surface area (Å²) in [6.07, 6.45) is 0. The third-order valence-electron chi connectivity index (χ3n) is 4.68. The molecule has 0 radical (unpaired) electrons. The lowest BCUT2D eigenvalue weighted by Crippen LogP contribution is -2.30. The molecule has 7 nitrogen and oxygen atoms in total. The van der Waals surface area contributed by atoms with Gasteiger partial charge in [-0.3, -0.25) is 14.6 Å². The van der Waals surface area contributed by atoms with Crippen molar-refractivity contribution in [2.24, 2.45) is 4.99 Å². The summed E-state index contributed by atoms with van der Waals surface area (Å²) in [6, 6.07) is 10.8. The second-order valence-corrected chi connectivity index (χ2v) is 7.05. The fourth-order valence-electron chi connectivity index (χ4n) is 3.21. The first-order valence-electron chi connectivity index (χ1n) is 9.34. The summed E-state index contributed by atoms with van der Waals surface area (Å²) in [5.74, 6) is 0.770. The molecule has 0 saturated heterocycles. The lowest BCUT2D eigenvalue weighted by Gasteiger charge is -2.20. The maximum atomic E-state index is 12.5. The summed E-state index contributed by atoms with van der Waals surface area (Å²) in [4.78, 5) is 31.0. The van der Waals surface area contributed by atoms with Gasteiger partial charge < -0.3 is 19.7 Å². The minimum atomic E-state index is -0.156. The summed E-state index contributed by atoms with van der Waals surface area (Å²) < 4.78 is 10.8. The number of benzodiazepines with no additional fused rings is 1. The van der Waals surface area contributed by atoms with Crippen LogP contribution in [0, 0.1) is 0 Å². The average molecular weight is 395 g/mol. The van der Waals surface area contributed by atoms with Crippen molar-refractivity contribution in [3.05, 3.63) is 53.1 Å². The van der Waals surface area contributed by atoms with Crippen LogP contribution in [0.4, 0.5) is 5.69 Å². The number of carbonyl (C=O) groups is 2. The van der Waals surface area contributed by atoms with Gasteiger partial charge in [-0.2, -0.15) is 0 Å². The van der Waals surface area contributed by atoms with Gasteiger partial charge in [0.25, 0.3) is 5.91 Å². The zero-order valence-corrected chi connectivity index (χ0v) is 17.3. The van der Waals surface area contributed by atoms with E-state index in [4.69, 9.17) is 9.47 Å². The van der Waals surface area contributed by atoms with Crippen LogP contribution < -0.4 is 19.7 Å². The Morgan fingerprint density at radius 1 is 1.14 bits per heavy atom. The monoisotopic (exact) mass is 395 g/mol. The highest BCUT2D eigenvalue weighted by Crippen LogP contribution is 2.37. The first-order chi connectivity index (χ1) is 13.8. The van der Waals surface area contributed by atoms with Crippen molar-refractivity contribution in [3.63, 3.8) is 0 Å². The minimum Gasteiger partial charge on any atom is -0.493 e. The maximum absolute atomic E-state index is 12.5. The number of rotatable bonds is 5. The van der Waals surface area contributed by atoms with Crippen LogP contribution in [0.3, 0.4) is 0 Å². The van der Waals surface area contributed by atoms with E-state index in [9.17, 15) is 9.59 Å². The number of ether oxygens (including phenoxy) is 2. The average Bonchev–Trinajstić information content (AvgIpc) is 2.83. The molecule has 0 spiro atoms. The van der Waals surface area contributed by atoms with Crippen molar-refractivity contribution in [1.29, 1.82) is 0 Å². The molecular formula is C22H25N3O4. The molecule has 29 heavy (non-hydrogen) atoms. The summed E-state index contributed by atoms with van der Waals surface area (Å²) in [5, 5.41) is 2.89. The molecular weight excluding hydrogens is 370 g/mol. The molecule has 0 unspecified atom stereocenters. The number of amides is 2. The molecule has 2 amide bonds. The molecule has 2 aromatic carbocycles. The van der Waals surface area contributed by atoms with Gasteiger partial charge in [-0.05, 0) is 32.0 Å². The van der Waals surface area contributed by atoms with Gasteiger partial charge in [-0.25, -0.2) is 0 Å². The third-order valence-corrected chi connectivity index (χ3v) is 4.68. The highest BCUT2D eigenvalue weighted by atomic mass is 16.5. The van der Waals surface area contributed by atoms with Gasteiger partial charge in [0, 0.05) is 35.8 Å². The molecule has 1 aliphatic heterocycles. The lowest BCUT2D eigenvalue weighted by molar-refractivity contribution is -0.116. The van der Waals surface area contributed by atoms with Crippen LogP contribution in [0.15, 0.2) is 41.4 Å². The largest absolute Gasteiger partial charge is 0.493 e. The van der Waals surface area contributed by atoms with E-state index in [0.29, 0.717) is 28.5 Å². The molecule has 3 rings (SSSR count). The number of aliphatic imine (C=N–C) groups is 1. The molecule has 0 atom stereocenters. The molecule has 7 heteroatoms. The maximum Gasteiger partial charge on any atom is 0.251 e. The second kappa shape index (κ2) is 8.34. The number of methoxy groups -OCH3 is 2. The predicted molar refractivity (Wildman–Crippen MR) is 113 cm³/mol. The van der Waals surface area contributed by atoms with Crippen LogP contribution in [-0.4, -0.2) is 51.4 Å². The molecule has 0 aliphatic carbocycles. The topological polar surface area (TPSA) is 80.2 Å². The molecule has 152 valence electrons. The molecule has 2 aromatic rings. The minimum absolute atomic E-state index is 0.00750. The van der Waals surface area contributed by atoms with Crippen molar-refractivity contribution in [1.82, 2.24) is 5.32 Å². The van der Waals surface area contributed by atoms with Crippen LogP contribution in [0.1, 0.15) is 35.3 Å². The van der Waals surface area contributed by atoms with Gasteiger partial charge in [-0.15, -0.1) is 0 Å². The Bertz CT molecular complexity index is 982. The van der Waals surface area contributed by atoms with E-state index >= 15 is 0 Å². The quantitative estimate of drug-likeness (QED) is 0.844. The number of likely N-dealkylation sites (N-methyl/N-ethyl adjacent to an activating group) is 1. The van der Waals surface area contributed by atoms with E-state index in [0.717, 1.165) is 11.1 Å². The Balaban J connectivity index is 2.15. The number of nitrogens with zero attached hydrogens (tertiary/aromatic N) is 2. The number of benzene rings is 2. The van der Waals surface area contributed by atoms with Crippen molar-refractivity contribution in [2.75, 3.05) is 32.7 Å².